The van der Waals surface area contributed by atoms with Crippen LogP contribution in [0.15, 0.2) is 55.1 Å². The first kappa shape index (κ1) is 21.1. The first-order chi connectivity index (χ1) is 16.1. The van der Waals surface area contributed by atoms with Crippen molar-refractivity contribution in [3.63, 3.8) is 0 Å². The molecule has 0 amide bonds. The van der Waals surface area contributed by atoms with E-state index < -0.39 is 0 Å². The molecule has 0 spiro atoms. The van der Waals surface area contributed by atoms with Crippen molar-refractivity contribution < 1.29 is 0 Å². The highest BCUT2D eigenvalue weighted by atomic mass is 15.2. The maximum Gasteiger partial charge on any atom is 0.103 e. The zero-order valence-electron chi connectivity index (χ0n) is 19.0. The minimum absolute atomic E-state index is 0.502. The molecule has 0 bridgehead atoms. The van der Waals surface area contributed by atoms with Gasteiger partial charge < -0.3 is 15.2 Å². The summed E-state index contributed by atoms with van der Waals surface area (Å²) in [5, 5.41) is 14.4. The second-order valence-electron chi connectivity index (χ2n) is 8.64. The van der Waals surface area contributed by atoms with Crippen LogP contribution in [0.1, 0.15) is 16.8 Å². The Hall–Kier alpha value is -3.73. The summed E-state index contributed by atoms with van der Waals surface area (Å²) in [5.41, 5.74) is 7.28. The Kier molecular flexibility index (Phi) is 5.78. The van der Waals surface area contributed by atoms with Crippen LogP contribution in [0, 0.1) is 18.3 Å². The molecule has 1 aromatic carbocycles. The van der Waals surface area contributed by atoms with E-state index >= 15 is 0 Å². The molecule has 7 heteroatoms. The van der Waals surface area contributed by atoms with Crippen LogP contribution < -0.4 is 5.32 Å². The number of piperazine rings is 1. The molecule has 1 aliphatic heterocycles. The van der Waals surface area contributed by atoms with Crippen LogP contribution in [-0.2, 0) is 6.54 Å². The lowest BCUT2D eigenvalue weighted by Gasteiger charge is -2.32. The number of fused-ring (bicyclic) bond motifs is 1. The van der Waals surface area contributed by atoms with Gasteiger partial charge in [-0.3, -0.25) is 14.9 Å². The predicted molar refractivity (Wildman–Crippen MR) is 131 cm³/mol. The van der Waals surface area contributed by atoms with E-state index in [9.17, 15) is 5.26 Å². The van der Waals surface area contributed by atoms with Crippen molar-refractivity contribution in [1.82, 2.24) is 24.8 Å². The van der Waals surface area contributed by atoms with Crippen molar-refractivity contribution in [2.75, 3.05) is 38.5 Å². The molecule has 166 valence electrons. The Morgan fingerprint density at radius 3 is 2.67 bits per heavy atom. The number of pyridine rings is 2. The summed E-state index contributed by atoms with van der Waals surface area (Å²) >= 11 is 0. The maximum absolute atomic E-state index is 9.76. The molecular formula is C26H27N7. The van der Waals surface area contributed by atoms with Crippen LogP contribution >= 0.6 is 0 Å². The van der Waals surface area contributed by atoms with Gasteiger partial charge in [0.25, 0.3) is 0 Å². The Bertz CT molecular complexity index is 1310. The second kappa shape index (κ2) is 9.02. The van der Waals surface area contributed by atoms with E-state index in [1.807, 2.05) is 24.5 Å². The van der Waals surface area contributed by atoms with Gasteiger partial charge in [-0.05, 0) is 43.8 Å². The average Bonchev–Trinajstić information content (AvgIpc) is 3.33. The summed E-state index contributed by atoms with van der Waals surface area (Å²) in [6.07, 6.45) is 7.22. The van der Waals surface area contributed by atoms with Crippen molar-refractivity contribution in [1.29, 1.82) is 5.26 Å². The smallest absolute Gasteiger partial charge is 0.103 e. The van der Waals surface area contributed by atoms with Gasteiger partial charge in [0.05, 0.1) is 16.9 Å². The number of nitrogens with zero attached hydrogens (tertiary/aromatic N) is 5. The standard InChI is InChI=1S/C26H27N7/c1-18-22-7-8-29-25(22)6-5-24(18)31-26-20(13-27)14-28-16-23(26)19-3-4-21(30-15-19)17-33-11-9-32(2)10-12-33/h3-8,14-16,29H,9-12,17H2,1-2H3,(H,28,31). The topological polar surface area (TPSA) is 83.9 Å². The molecular weight excluding hydrogens is 410 g/mol. The molecule has 0 saturated carbocycles. The number of anilines is 2. The minimum atomic E-state index is 0.502. The van der Waals surface area contributed by atoms with E-state index in [1.54, 1.807) is 12.4 Å². The van der Waals surface area contributed by atoms with Gasteiger partial charge in [0.15, 0.2) is 0 Å². The summed E-state index contributed by atoms with van der Waals surface area (Å²) in [6.45, 7) is 7.24. The van der Waals surface area contributed by atoms with Gasteiger partial charge in [-0.15, -0.1) is 0 Å². The third-order valence-corrected chi connectivity index (χ3v) is 6.45. The molecule has 1 saturated heterocycles. The molecule has 0 radical (unpaired) electrons. The van der Waals surface area contributed by atoms with E-state index in [4.69, 9.17) is 4.98 Å². The monoisotopic (exact) mass is 437 g/mol. The lowest BCUT2D eigenvalue weighted by atomic mass is 10.0. The van der Waals surface area contributed by atoms with Crippen molar-refractivity contribution in [2.45, 2.75) is 13.5 Å². The Morgan fingerprint density at radius 1 is 1.06 bits per heavy atom. The molecule has 5 rings (SSSR count). The SMILES string of the molecule is Cc1c(Nc2c(C#N)cncc2-c2ccc(CN3CCN(C)CC3)nc2)ccc2[nH]ccc12. The Labute approximate surface area is 193 Å². The largest absolute Gasteiger partial charge is 0.361 e. The molecule has 1 aliphatic rings. The van der Waals surface area contributed by atoms with Gasteiger partial charge in [0.2, 0.25) is 0 Å². The Balaban J connectivity index is 1.44. The normalized spacial score (nSPS) is 14.9. The van der Waals surface area contributed by atoms with Crippen molar-refractivity contribution in [2.24, 2.45) is 0 Å². The van der Waals surface area contributed by atoms with Gasteiger partial charge in [-0.1, -0.05) is 6.07 Å². The van der Waals surface area contributed by atoms with Crippen LogP contribution in [-0.4, -0.2) is 58.0 Å². The highest BCUT2D eigenvalue weighted by Crippen LogP contribution is 2.34. The zero-order valence-corrected chi connectivity index (χ0v) is 19.0. The first-order valence-electron chi connectivity index (χ1n) is 11.2. The van der Waals surface area contributed by atoms with E-state index in [1.165, 1.54) is 0 Å². The van der Waals surface area contributed by atoms with Crippen molar-refractivity contribution in [3.8, 4) is 17.2 Å². The fraction of sp³-hybridized carbons (Fsp3) is 0.269. The average molecular weight is 438 g/mol. The fourth-order valence-electron chi connectivity index (χ4n) is 4.37. The third kappa shape index (κ3) is 4.31. The van der Waals surface area contributed by atoms with Crippen LogP contribution in [0.3, 0.4) is 0 Å². The number of aromatic nitrogens is 3. The van der Waals surface area contributed by atoms with Crippen LogP contribution in [0.5, 0.6) is 0 Å². The molecule has 33 heavy (non-hydrogen) atoms. The molecule has 2 N–H and O–H groups in total. The van der Waals surface area contributed by atoms with Gasteiger partial charge in [-0.2, -0.15) is 5.26 Å². The number of aryl methyl sites for hydroxylation is 1. The summed E-state index contributed by atoms with van der Waals surface area (Å²) < 4.78 is 0. The van der Waals surface area contributed by atoms with Gasteiger partial charge in [-0.25, -0.2) is 0 Å². The van der Waals surface area contributed by atoms with Crippen LogP contribution in [0.4, 0.5) is 11.4 Å². The summed E-state index contributed by atoms with van der Waals surface area (Å²) in [5.74, 6) is 0. The number of hydrogen-bond donors (Lipinski definition) is 2. The summed E-state index contributed by atoms with van der Waals surface area (Å²) in [6, 6.07) is 12.6. The number of nitrogens with one attached hydrogen (secondary N) is 2. The third-order valence-electron chi connectivity index (χ3n) is 6.45. The number of benzene rings is 1. The molecule has 1 fully saturated rings. The zero-order chi connectivity index (χ0) is 22.8. The van der Waals surface area contributed by atoms with Gasteiger partial charge in [0, 0.05) is 85.2 Å². The lowest BCUT2D eigenvalue weighted by Crippen LogP contribution is -2.43. The van der Waals surface area contributed by atoms with Gasteiger partial charge in [0.1, 0.15) is 6.07 Å². The molecule has 4 heterocycles. The van der Waals surface area contributed by atoms with Gasteiger partial charge >= 0.3 is 0 Å². The van der Waals surface area contributed by atoms with E-state index in [2.05, 4.69) is 63.3 Å². The number of likely N-dealkylation sites (N-methyl/N-ethyl adjacent to an activating group) is 1. The fourth-order valence-corrected chi connectivity index (χ4v) is 4.37. The highest BCUT2D eigenvalue weighted by Gasteiger charge is 2.16. The molecule has 3 aromatic heterocycles. The molecule has 7 nitrogen and oxygen atoms in total. The molecule has 0 aliphatic carbocycles. The molecule has 4 aromatic rings. The van der Waals surface area contributed by atoms with Crippen LogP contribution in [0.2, 0.25) is 0 Å². The lowest BCUT2D eigenvalue weighted by molar-refractivity contribution is 0.147. The van der Waals surface area contributed by atoms with Crippen LogP contribution in [0.25, 0.3) is 22.0 Å². The summed E-state index contributed by atoms with van der Waals surface area (Å²) in [7, 11) is 2.16. The van der Waals surface area contributed by atoms with E-state index in [0.717, 1.165) is 77.4 Å². The maximum atomic E-state index is 9.76. The number of H-pyrrole nitrogens is 1. The number of rotatable bonds is 5. The minimum Gasteiger partial charge on any atom is -0.361 e. The Morgan fingerprint density at radius 2 is 1.91 bits per heavy atom. The second-order valence-corrected chi connectivity index (χ2v) is 8.64. The molecule has 0 atom stereocenters. The first-order valence-corrected chi connectivity index (χ1v) is 11.2. The van der Waals surface area contributed by atoms with Crippen molar-refractivity contribution >= 4 is 22.3 Å². The number of aromatic amines is 1. The molecule has 0 unspecified atom stereocenters. The number of nitriles is 1. The van der Waals surface area contributed by atoms with Crippen molar-refractivity contribution in [3.05, 3.63) is 71.9 Å². The van der Waals surface area contributed by atoms with E-state index in [-0.39, 0.29) is 0 Å². The number of hydrogen-bond acceptors (Lipinski definition) is 6. The quantitative estimate of drug-likeness (QED) is 0.484. The predicted octanol–water partition coefficient (Wildman–Crippen LogP) is 4.30. The summed E-state index contributed by atoms with van der Waals surface area (Å²) in [4.78, 5) is 17.1. The van der Waals surface area contributed by atoms with E-state index in [0.29, 0.717) is 5.56 Å². The highest BCUT2D eigenvalue weighted by molar-refractivity contribution is 5.91.